The Balaban J connectivity index is 1.31. The van der Waals surface area contributed by atoms with Crippen molar-refractivity contribution in [3.8, 4) is 23.3 Å². The third kappa shape index (κ3) is 4.86. The molecule has 0 amide bonds. The molecule has 1 aliphatic rings. The molecule has 4 aromatic heterocycles. The predicted octanol–water partition coefficient (Wildman–Crippen LogP) is 3.43. The summed E-state index contributed by atoms with van der Waals surface area (Å²) in [5, 5.41) is 14.9. The third-order valence-electron chi connectivity index (χ3n) is 6.50. The molecule has 0 saturated carbocycles. The van der Waals surface area contributed by atoms with E-state index in [2.05, 4.69) is 40.8 Å². The minimum Gasteiger partial charge on any atom is -0.478 e. The molecule has 6 rings (SSSR count). The Kier molecular flexibility index (Phi) is 6.42. The Labute approximate surface area is 226 Å². The molecule has 5 heterocycles. The number of aryl methyl sites for hydroxylation is 1. The van der Waals surface area contributed by atoms with Gasteiger partial charge in [-0.05, 0) is 48.2 Å². The topological polar surface area (TPSA) is 138 Å². The number of alkyl halides is 2. The van der Waals surface area contributed by atoms with E-state index in [0.29, 0.717) is 46.2 Å². The first-order valence-electron chi connectivity index (χ1n) is 12.3. The van der Waals surface area contributed by atoms with Crippen molar-refractivity contribution in [3.63, 3.8) is 0 Å². The zero-order valence-electron chi connectivity index (χ0n) is 21.7. The Morgan fingerprint density at radius 2 is 2.00 bits per heavy atom. The Morgan fingerprint density at radius 1 is 1.12 bits per heavy atom. The van der Waals surface area contributed by atoms with E-state index in [1.165, 1.54) is 30.5 Å². The molecule has 1 atom stereocenters. The van der Waals surface area contributed by atoms with Gasteiger partial charge in [-0.25, -0.2) is 28.7 Å². The SMILES string of the molecule is COc1ncc2ncnc(Nc3ccc(Oc4cc5nnnn5cn4)c(C)c3)c2c1O[C@@H]1CCN(C)CC1(F)F. The number of methoxy groups -OCH3 is 1. The van der Waals surface area contributed by atoms with Gasteiger partial charge >= 0.3 is 0 Å². The summed E-state index contributed by atoms with van der Waals surface area (Å²) in [5.41, 5.74) is 2.37. The molecule has 1 fully saturated rings. The fourth-order valence-electron chi connectivity index (χ4n) is 4.52. The summed E-state index contributed by atoms with van der Waals surface area (Å²) < 4.78 is 48.5. The Hall–Kier alpha value is -4.79. The summed E-state index contributed by atoms with van der Waals surface area (Å²) in [6, 6.07) is 7.03. The molecule has 1 aliphatic heterocycles. The first-order valence-corrected chi connectivity index (χ1v) is 12.3. The molecule has 0 spiro atoms. The number of nitrogens with zero attached hydrogens (tertiary/aromatic N) is 9. The van der Waals surface area contributed by atoms with Crippen molar-refractivity contribution < 1.29 is 23.0 Å². The van der Waals surface area contributed by atoms with E-state index in [4.69, 9.17) is 14.2 Å². The fourth-order valence-corrected chi connectivity index (χ4v) is 4.52. The predicted molar refractivity (Wildman–Crippen MR) is 138 cm³/mol. The molecule has 206 valence electrons. The van der Waals surface area contributed by atoms with Crippen LogP contribution < -0.4 is 19.5 Å². The van der Waals surface area contributed by atoms with Gasteiger partial charge in [0.25, 0.3) is 11.8 Å². The highest BCUT2D eigenvalue weighted by atomic mass is 19.3. The van der Waals surface area contributed by atoms with Gasteiger partial charge in [0.1, 0.15) is 24.2 Å². The number of piperidine rings is 1. The smallest absolute Gasteiger partial charge is 0.296 e. The van der Waals surface area contributed by atoms with E-state index in [0.717, 1.165) is 5.56 Å². The number of halogens is 2. The van der Waals surface area contributed by atoms with Crippen LogP contribution >= 0.6 is 0 Å². The summed E-state index contributed by atoms with van der Waals surface area (Å²) in [4.78, 5) is 18.7. The highest BCUT2D eigenvalue weighted by Crippen LogP contribution is 2.41. The zero-order chi connectivity index (χ0) is 27.9. The van der Waals surface area contributed by atoms with Crippen LogP contribution in [0.25, 0.3) is 16.6 Å². The number of rotatable bonds is 7. The van der Waals surface area contributed by atoms with Crippen molar-refractivity contribution in [2.75, 3.05) is 32.6 Å². The van der Waals surface area contributed by atoms with Crippen molar-refractivity contribution >= 4 is 28.1 Å². The van der Waals surface area contributed by atoms with Crippen molar-refractivity contribution in [1.29, 1.82) is 0 Å². The number of anilines is 2. The lowest BCUT2D eigenvalue weighted by atomic mass is 10.0. The van der Waals surface area contributed by atoms with Gasteiger partial charge < -0.3 is 24.4 Å². The number of nitrogens with one attached hydrogen (secondary N) is 1. The van der Waals surface area contributed by atoms with Gasteiger partial charge in [-0.1, -0.05) is 0 Å². The normalized spacial score (nSPS) is 17.2. The minimum absolute atomic E-state index is 0.0541. The number of benzene rings is 1. The lowest BCUT2D eigenvalue weighted by Gasteiger charge is -2.36. The van der Waals surface area contributed by atoms with Crippen LogP contribution in [-0.2, 0) is 0 Å². The molecule has 40 heavy (non-hydrogen) atoms. The number of aromatic nitrogens is 8. The maximum absolute atomic E-state index is 14.9. The summed E-state index contributed by atoms with van der Waals surface area (Å²) in [6.07, 6.45) is 3.07. The van der Waals surface area contributed by atoms with Crippen LogP contribution in [-0.4, -0.2) is 84.2 Å². The van der Waals surface area contributed by atoms with Crippen LogP contribution in [0.3, 0.4) is 0 Å². The third-order valence-corrected chi connectivity index (χ3v) is 6.50. The first-order chi connectivity index (χ1) is 19.3. The van der Waals surface area contributed by atoms with Crippen LogP contribution in [0, 0.1) is 6.92 Å². The van der Waals surface area contributed by atoms with Crippen LogP contribution in [0.2, 0.25) is 0 Å². The van der Waals surface area contributed by atoms with Crippen LogP contribution in [0.5, 0.6) is 23.3 Å². The average molecular weight is 551 g/mol. The number of likely N-dealkylation sites (tertiary alicyclic amines) is 1. The summed E-state index contributed by atoms with van der Waals surface area (Å²) >= 11 is 0. The standard InChI is InChI=1S/C25H24F2N10O3/c1-14-8-15(4-5-17(14)39-20-9-19-33-34-35-37(19)13-31-20)32-23-21-16(29-12-30-23)10-28-24(38-3)22(21)40-18-6-7-36(2)11-25(18,26)27/h4-5,8-10,12-13,18H,6-7,11H2,1-3H3,(H,29,30,32)/t18-/m1/s1. The van der Waals surface area contributed by atoms with E-state index in [9.17, 15) is 8.78 Å². The van der Waals surface area contributed by atoms with Crippen molar-refractivity contribution in [2.45, 2.75) is 25.4 Å². The second kappa shape index (κ2) is 10.1. The number of fused-ring (bicyclic) bond motifs is 2. The maximum atomic E-state index is 14.9. The molecule has 1 N–H and O–H groups in total. The first kappa shape index (κ1) is 25.5. The van der Waals surface area contributed by atoms with Crippen LogP contribution in [0.1, 0.15) is 12.0 Å². The molecular formula is C25H24F2N10O3. The summed E-state index contributed by atoms with van der Waals surface area (Å²) in [5.74, 6) is -1.70. The van der Waals surface area contributed by atoms with Gasteiger partial charge in [0.05, 0.1) is 30.8 Å². The molecule has 0 unspecified atom stereocenters. The lowest BCUT2D eigenvalue weighted by Crippen LogP contribution is -2.52. The number of ether oxygens (including phenoxy) is 3. The molecule has 0 radical (unpaired) electrons. The van der Waals surface area contributed by atoms with Crippen LogP contribution in [0.4, 0.5) is 20.3 Å². The quantitative estimate of drug-likeness (QED) is 0.318. The van der Waals surface area contributed by atoms with Gasteiger partial charge in [-0.15, -0.1) is 5.10 Å². The lowest BCUT2D eigenvalue weighted by molar-refractivity contribution is -0.135. The largest absolute Gasteiger partial charge is 0.478 e. The molecule has 1 saturated heterocycles. The van der Waals surface area contributed by atoms with E-state index in [1.807, 2.05) is 13.0 Å². The van der Waals surface area contributed by atoms with E-state index >= 15 is 0 Å². The molecular weight excluding hydrogens is 526 g/mol. The van der Waals surface area contributed by atoms with E-state index < -0.39 is 18.6 Å². The molecule has 15 heteroatoms. The van der Waals surface area contributed by atoms with Crippen LogP contribution in [0.15, 0.2) is 43.1 Å². The highest BCUT2D eigenvalue weighted by molar-refractivity contribution is 5.96. The second-order valence-corrected chi connectivity index (χ2v) is 9.39. The maximum Gasteiger partial charge on any atom is 0.296 e. The van der Waals surface area contributed by atoms with Crippen molar-refractivity contribution in [2.24, 2.45) is 0 Å². The molecule has 1 aromatic carbocycles. The van der Waals surface area contributed by atoms with Gasteiger partial charge in [0, 0.05) is 24.7 Å². The van der Waals surface area contributed by atoms with Gasteiger partial charge in [0.15, 0.2) is 17.5 Å². The summed E-state index contributed by atoms with van der Waals surface area (Å²) in [7, 11) is 3.06. The molecule has 13 nitrogen and oxygen atoms in total. The van der Waals surface area contributed by atoms with E-state index in [1.54, 1.807) is 30.1 Å². The zero-order valence-corrected chi connectivity index (χ0v) is 21.7. The average Bonchev–Trinajstić information content (AvgIpc) is 3.39. The second-order valence-electron chi connectivity index (χ2n) is 9.39. The highest BCUT2D eigenvalue weighted by Gasteiger charge is 2.46. The summed E-state index contributed by atoms with van der Waals surface area (Å²) in [6.45, 7) is 1.93. The Bertz CT molecular complexity index is 1700. The molecule has 5 aromatic rings. The number of hydrogen-bond donors (Lipinski definition) is 1. The molecule has 0 aliphatic carbocycles. The minimum atomic E-state index is -3.07. The number of pyridine rings is 1. The van der Waals surface area contributed by atoms with Gasteiger partial charge in [-0.2, -0.15) is 4.52 Å². The number of hydrogen-bond acceptors (Lipinski definition) is 12. The van der Waals surface area contributed by atoms with Gasteiger partial charge in [-0.3, -0.25) is 0 Å². The number of tetrazole rings is 1. The van der Waals surface area contributed by atoms with Crippen molar-refractivity contribution in [3.05, 3.63) is 48.7 Å². The Morgan fingerprint density at radius 3 is 2.80 bits per heavy atom. The monoisotopic (exact) mass is 550 g/mol. The van der Waals surface area contributed by atoms with Gasteiger partial charge in [0.2, 0.25) is 5.88 Å². The van der Waals surface area contributed by atoms with Crippen molar-refractivity contribution in [1.82, 2.24) is 44.9 Å². The molecule has 0 bridgehead atoms. The van der Waals surface area contributed by atoms with E-state index in [-0.39, 0.29) is 18.1 Å². The fraction of sp³-hybridized carbons (Fsp3) is 0.320.